The molecule has 1 aliphatic rings. The predicted octanol–water partition coefficient (Wildman–Crippen LogP) is -0.109. The third kappa shape index (κ3) is 5.78. The highest BCUT2D eigenvalue weighted by Gasteiger charge is 2.13. The van der Waals surface area contributed by atoms with Gasteiger partial charge in [0.2, 0.25) is 6.79 Å². The van der Waals surface area contributed by atoms with Crippen molar-refractivity contribution in [2.24, 2.45) is 0 Å². The van der Waals surface area contributed by atoms with E-state index in [1.54, 1.807) is 0 Å². The van der Waals surface area contributed by atoms with Gasteiger partial charge in [-0.15, -0.1) is 0 Å². The normalized spacial score (nSPS) is 14.3. The van der Waals surface area contributed by atoms with Crippen LogP contribution in [-0.2, 0) is 16.1 Å². The molecule has 1 atom stereocenters. The Labute approximate surface area is 129 Å². The molecule has 0 amide bonds. The van der Waals surface area contributed by atoms with Gasteiger partial charge in [0.1, 0.15) is 0 Å². The van der Waals surface area contributed by atoms with Crippen LogP contribution in [0.2, 0.25) is 0 Å². The first-order valence-electron chi connectivity index (χ1n) is 7.33. The highest BCUT2D eigenvalue weighted by atomic mass is 16.7. The molecule has 0 saturated carbocycles. The van der Waals surface area contributed by atoms with Crippen LogP contribution in [0.15, 0.2) is 18.2 Å². The number of benzene rings is 1. The van der Waals surface area contributed by atoms with Crippen molar-refractivity contribution in [2.45, 2.75) is 12.7 Å². The average Bonchev–Trinajstić information content (AvgIpc) is 2.98. The van der Waals surface area contributed by atoms with Crippen LogP contribution in [0.25, 0.3) is 0 Å². The average molecular weight is 313 g/mol. The second-order valence-corrected chi connectivity index (χ2v) is 4.90. The molecule has 1 aromatic rings. The van der Waals surface area contributed by atoms with Gasteiger partial charge >= 0.3 is 0 Å². The Balaban J connectivity index is 1.54. The number of fused-ring (bicyclic) bond motifs is 1. The minimum absolute atomic E-state index is 0.0241. The lowest BCUT2D eigenvalue weighted by atomic mass is 10.2. The molecule has 3 N–H and O–H groups in total. The molecule has 0 spiro atoms. The van der Waals surface area contributed by atoms with Crippen molar-refractivity contribution in [3.8, 4) is 11.5 Å². The fourth-order valence-electron chi connectivity index (χ4n) is 1.98. The van der Waals surface area contributed by atoms with E-state index in [-0.39, 0.29) is 20.0 Å². The van der Waals surface area contributed by atoms with E-state index in [9.17, 15) is 5.11 Å². The first-order chi connectivity index (χ1) is 10.8. The Hall–Kier alpha value is -1.38. The Bertz CT molecular complexity index is 442. The van der Waals surface area contributed by atoms with Crippen LogP contribution in [0, 0.1) is 0 Å². The van der Waals surface area contributed by atoms with Gasteiger partial charge in [0.15, 0.2) is 11.5 Å². The molecule has 124 valence electrons. The third-order valence-corrected chi connectivity index (χ3v) is 3.05. The molecule has 0 saturated heterocycles. The van der Waals surface area contributed by atoms with Crippen LogP contribution < -0.4 is 14.8 Å². The van der Waals surface area contributed by atoms with Gasteiger partial charge in [0.05, 0.1) is 39.1 Å². The number of aliphatic hydroxyl groups excluding tert-OH is 2. The molecule has 0 bridgehead atoms. The molecule has 0 aromatic heterocycles. The van der Waals surface area contributed by atoms with E-state index in [1.807, 2.05) is 18.2 Å². The highest BCUT2D eigenvalue weighted by Crippen LogP contribution is 2.32. The summed E-state index contributed by atoms with van der Waals surface area (Å²) < 4.78 is 21.1. The molecule has 7 nitrogen and oxygen atoms in total. The summed E-state index contributed by atoms with van der Waals surface area (Å²) in [5.41, 5.74) is 0.974. The Morgan fingerprint density at radius 1 is 1.18 bits per heavy atom. The summed E-state index contributed by atoms with van der Waals surface area (Å²) in [5.74, 6) is 1.47. The van der Waals surface area contributed by atoms with Crippen molar-refractivity contribution in [2.75, 3.05) is 46.3 Å². The number of rotatable bonds is 11. The van der Waals surface area contributed by atoms with Gasteiger partial charge < -0.3 is 34.5 Å². The monoisotopic (exact) mass is 313 g/mol. The smallest absolute Gasteiger partial charge is 0.231 e. The quantitative estimate of drug-likeness (QED) is 0.491. The van der Waals surface area contributed by atoms with Crippen LogP contribution in [0.1, 0.15) is 5.56 Å². The SMILES string of the molecule is OCCOCCNC[C@H](O)COCc1ccc2c(c1)OCO2. The van der Waals surface area contributed by atoms with E-state index < -0.39 is 6.10 Å². The zero-order chi connectivity index (χ0) is 15.6. The van der Waals surface area contributed by atoms with Gasteiger partial charge in [-0.05, 0) is 17.7 Å². The molecule has 1 aromatic carbocycles. The fraction of sp³-hybridized carbons (Fsp3) is 0.600. The lowest BCUT2D eigenvalue weighted by molar-refractivity contribution is 0.0273. The predicted molar refractivity (Wildman–Crippen MR) is 79.0 cm³/mol. The van der Waals surface area contributed by atoms with E-state index in [0.29, 0.717) is 32.9 Å². The van der Waals surface area contributed by atoms with Crippen LogP contribution in [0.4, 0.5) is 0 Å². The molecule has 1 heterocycles. The molecular weight excluding hydrogens is 290 g/mol. The number of aliphatic hydroxyl groups is 2. The topological polar surface area (TPSA) is 89.4 Å². The van der Waals surface area contributed by atoms with Gasteiger partial charge in [-0.1, -0.05) is 6.07 Å². The number of ether oxygens (including phenoxy) is 4. The number of hydrogen-bond acceptors (Lipinski definition) is 7. The van der Waals surface area contributed by atoms with Gasteiger partial charge in [-0.3, -0.25) is 0 Å². The zero-order valence-corrected chi connectivity index (χ0v) is 12.5. The number of hydrogen-bond donors (Lipinski definition) is 3. The Morgan fingerprint density at radius 3 is 2.91 bits per heavy atom. The van der Waals surface area contributed by atoms with Gasteiger partial charge in [-0.2, -0.15) is 0 Å². The second-order valence-electron chi connectivity index (χ2n) is 4.90. The second kappa shape index (κ2) is 9.60. The summed E-state index contributed by atoms with van der Waals surface area (Å²) in [6.07, 6.45) is -0.577. The highest BCUT2D eigenvalue weighted by molar-refractivity contribution is 5.44. The summed E-state index contributed by atoms with van der Waals surface area (Å²) in [7, 11) is 0. The molecule has 1 aliphatic heterocycles. The Kier molecular flexibility index (Phi) is 7.41. The molecule has 0 fully saturated rings. The molecule has 0 aliphatic carbocycles. The molecule has 0 radical (unpaired) electrons. The maximum absolute atomic E-state index is 9.77. The summed E-state index contributed by atoms with van der Waals surface area (Å²) in [5, 5.41) is 21.4. The molecule has 7 heteroatoms. The maximum Gasteiger partial charge on any atom is 0.231 e. The lowest BCUT2D eigenvalue weighted by Crippen LogP contribution is -2.32. The van der Waals surface area contributed by atoms with Crippen LogP contribution >= 0.6 is 0 Å². The van der Waals surface area contributed by atoms with Crippen molar-refractivity contribution in [1.82, 2.24) is 5.32 Å². The van der Waals surface area contributed by atoms with Crippen LogP contribution in [-0.4, -0.2) is 62.6 Å². The summed E-state index contributed by atoms with van der Waals surface area (Å²) in [4.78, 5) is 0. The first kappa shape index (κ1) is 17.0. The fourth-order valence-corrected chi connectivity index (χ4v) is 1.98. The minimum Gasteiger partial charge on any atom is -0.454 e. The lowest BCUT2D eigenvalue weighted by Gasteiger charge is -2.12. The summed E-state index contributed by atoms with van der Waals surface area (Å²) in [6.45, 7) is 2.84. The summed E-state index contributed by atoms with van der Waals surface area (Å²) >= 11 is 0. The van der Waals surface area contributed by atoms with E-state index in [2.05, 4.69) is 5.32 Å². The van der Waals surface area contributed by atoms with E-state index in [4.69, 9.17) is 24.1 Å². The number of nitrogens with one attached hydrogen (secondary N) is 1. The van der Waals surface area contributed by atoms with Crippen molar-refractivity contribution in [3.05, 3.63) is 23.8 Å². The van der Waals surface area contributed by atoms with E-state index >= 15 is 0 Å². The molecular formula is C15H23NO6. The molecule has 22 heavy (non-hydrogen) atoms. The van der Waals surface area contributed by atoms with Crippen LogP contribution in [0.5, 0.6) is 11.5 Å². The first-order valence-corrected chi connectivity index (χ1v) is 7.33. The van der Waals surface area contributed by atoms with Crippen molar-refractivity contribution < 1.29 is 29.2 Å². The van der Waals surface area contributed by atoms with Crippen molar-refractivity contribution >= 4 is 0 Å². The third-order valence-electron chi connectivity index (χ3n) is 3.05. The summed E-state index contributed by atoms with van der Waals surface area (Å²) in [6, 6.07) is 5.65. The van der Waals surface area contributed by atoms with E-state index in [1.165, 1.54) is 0 Å². The minimum atomic E-state index is -0.577. The largest absolute Gasteiger partial charge is 0.454 e. The van der Waals surface area contributed by atoms with Gasteiger partial charge in [0, 0.05) is 13.1 Å². The van der Waals surface area contributed by atoms with Gasteiger partial charge in [0.25, 0.3) is 0 Å². The molecule has 2 rings (SSSR count). The Morgan fingerprint density at radius 2 is 2.05 bits per heavy atom. The molecule has 0 unspecified atom stereocenters. The standard InChI is InChI=1S/C15H23NO6/c17-4-6-19-5-3-16-8-13(18)10-20-9-12-1-2-14-15(7-12)22-11-21-14/h1-2,7,13,16-18H,3-6,8-11H2/t13-/m0/s1. The van der Waals surface area contributed by atoms with Crippen molar-refractivity contribution in [3.63, 3.8) is 0 Å². The van der Waals surface area contributed by atoms with Crippen LogP contribution in [0.3, 0.4) is 0 Å². The van der Waals surface area contributed by atoms with E-state index in [0.717, 1.165) is 17.1 Å². The van der Waals surface area contributed by atoms with Gasteiger partial charge in [-0.25, -0.2) is 0 Å². The van der Waals surface area contributed by atoms with Crippen molar-refractivity contribution in [1.29, 1.82) is 0 Å². The maximum atomic E-state index is 9.77. The zero-order valence-electron chi connectivity index (χ0n) is 12.5.